The van der Waals surface area contributed by atoms with Crippen molar-refractivity contribution in [2.24, 2.45) is 4.99 Å². The predicted molar refractivity (Wildman–Crippen MR) is 107 cm³/mol. The number of nitrogens with one attached hydrogen (secondary N) is 2. The van der Waals surface area contributed by atoms with E-state index < -0.39 is 0 Å². The molecular weight excluding hydrogens is 423 g/mol. The summed E-state index contributed by atoms with van der Waals surface area (Å²) in [5.74, 6) is 2.29. The molecule has 0 radical (unpaired) electrons. The number of rotatable bonds is 4. The van der Waals surface area contributed by atoms with Crippen molar-refractivity contribution in [3.8, 4) is 0 Å². The van der Waals surface area contributed by atoms with Crippen molar-refractivity contribution in [1.82, 2.24) is 15.6 Å². The van der Waals surface area contributed by atoms with Crippen LogP contribution >= 0.6 is 35.3 Å². The van der Waals surface area contributed by atoms with E-state index in [2.05, 4.69) is 60.4 Å². The number of oxazole rings is 1. The molecular formula is C16H25IN4OS. The van der Waals surface area contributed by atoms with Crippen molar-refractivity contribution in [2.75, 3.05) is 7.05 Å². The maximum atomic E-state index is 5.75. The molecule has 2 rings (SSSR count). The number of hydrogen-bond acceptors (Lipinski definition) is 4. The third-order valence-electron chi connectivity index (χ3n) is 3.15. The number of thiophene rings is 1. The summed E-state index contributed by atoms with van der Waals surface area (Å²) in [6.07, 6.45) is 1.79. The standard InChI is InChI=1S/C16H24N4OS.HI/c1-11-6-7-12(22-11)8-19-15(17-5)20-10-14-18-9-13(21-14)16(2,3)4;/h6-7,9H,8,10H2,1-5H3,(H2,17,19,20);1H. The monoisotopic (exact) mass is 448 g/mol. The van der Waals surface area contributed by atoms with E-state index in [-0.39, 0.29) is 29.4 Å². The zero-order valence-electron chi connectivity index (χ0n) is 14.3. The summed E-state index contributed by atoms with van der Waals surface area (Å²) in [4.78, 5) is 11.1. The summed E-state index contributed by atoms with van der Waals surface area (Å²) in [5, 5.41) is 6.50. The molecule has 0 unspecified atom stereocenters. The Labute approximate surface area is 159 Å². The quantitative estimate of drug-likeness (QED) is 0.424. The molecule has 7 heteroatoms. The number of hydrogen-bond donors (Lipinski definition) is 2. The van der Waals surface area contributed by atoms with Gasteiger partial charge in [0.05, 0.1) is 19.3 Å². The van der Waals surface area contributed by atoms with Gasteiger partial charge in [-0.05, 0) is 19.1 Å². The molecule has 2 aromatic rings. The summed E-state index contributed by atoms with van der Waals surface area (Å²) in [6.45, 7) is 9.70. The van der Waals surface area contributed by atoms with E-state index in [9.17, 15) is 0 Å². The van der Waals surface area contributed by atoms with Crippen molar-refractivity contribution in [1.29, 1.82) is 0 Å². The molecule has 2 heterocycles. The van der Waals surface area contributed by atoms with Gasteiger partial charge < -0.3 is 15.1 Å². The van der Waals surface area contributed by atoms with Crippen molar-refractivity contribution >= 4 is 41.3 Å². The average Bonchev–Trinajstić information content (AvgIpc) is 3.07. The number of halogens is 1. The van der Waals surface area contributed by atoms with Crippen molar-refractivity contribution in [3.05, 3.63) is 39.7 Å². The highest BCUT2D eigenvalue weighted by molar-refractivity contribution is 14.0. The fourth-order valence-corrected chi connectivity index (χ4v) is 2.70. The summed E-state index contributed by atoms with van der Waals surface area (Å²) in [7, 11) is 1.76. The van der Waals surface area contributed by atoms with Crippen molar-refractivity contribution in [2.45, 2.75) is 46.2 Å². The highest BCUT2D eigenvalue weighted by atomic mass is 127. The summed E-state index contributed by atoms with van der Waals surface area (Å²) in [6, 6.07) is 4.25. The lowest BCUT2D eigenvalue weighted by molar-refractivity contribution is 0.379. The maximum absolute atomic E-state index is 5.75. The summed E-state index contributed by atoms with van der Waals surface area (Å²) < 4.78 is 5.75. The lowest BCUT2D eigenvalue weighted by Crippen LogP contribution is -2.36. The largest absolute Gasteiger partial charge is 0.443 e. The molecule has 0 aromatic carbocycles. The molecule has 0 aliphatic heterocycles. The number of aliphatic imine (C=N–C) groups is 1. The van der Waals surface area contributed by atoms with Crippen molar-refractivity contribution < 1.29 is 4.42 Å². The molecule has 0 aliphatic rings. The van der Waals surface area contributed by atoms with Gasteiger partial charge in [0.1, 0.15) is 5.76 Å². The van der Waals surface area contributed by atoms with E-state index in [0.29, 0.717) is 12.4 Å². The van der Waals surface area contributed by atoms with Gasteiger partial charge in [-0.3, -0.25) is 4.99 Å². The molecule has 0 saturated heterocycles. The smallest absolute Gasteiger partial charge is 0.213 e. The molecule has 0 spiro atoms. The van der Waals surface area contributed by atoms with Crippen LogP contribution < -0.4 is 10.6 Å². The number of guanidine groups is 1. The fraction of sp³-hybridized carbons (Fsp3) is 0.500. The van der Waals surface area contributed by atoms with E-state index in [0.717, 1.165) is 18.3 Å². The summed E-state index contributed by atoms with van der Waals surface area (Å²) in [5.41, 5.74) is -0.0256. The Bertz CT molecular complexity index is 643. The third kappa shape index (κ3) is 6.14. The zero-order chi connectivity index (χ0) is 16.2. The van der Waals surface area contributed by atoms with Crippen LogP contribution in [0.2, 0.25) is 0 Å². The Morgan fingerprint density at radius 3 is 2.48 bits per heavy atom. The zero-order valence-corrected chi connectivity index (χ0v) is 17.4. The number of nitrogens with zero attached hydrogens (tertiary/aromatic N) is 2. The van der Waals surface area contributed by atoms with Crippen LogP contribution in [0.25, 0.3) is 0 Å². The fourth-order valence-electron chi connectivity index (χ4n) is 1.87. The van der Waals surface area contributed by atoms with E-state index in [4.69, 9.17) is 4.42 Å². The van der Waals surface area contributed by atoms with Gasteiger partial charge in [0, 0.05) is 22.2 Å². The molecule has 5 nitrogen and oxygen atoms in total. The van der Waals surface area contributed by atoms with Gasteiger partial charge >= 0.3 is 0 Å². The lowest BCUT2D eigenvalue weighted by Gasteiger charge is -2.13. The molecule has 0 bridgehead atoms. The second kappa shape index (κ2) is 8.68. The van der Waals surface area contributed by atoms with Crippen LogP contribution in [0, 0.1) is 6.92 Å². The predicted octanol–water partition coefficient (Wildman–Crippen LogP) is 3.83. The normalized spacial score (nSPS) is 12.0. The van der Waals surface area contributed by atoms with E-state index >= 15 is 0 Å². The first-order valence-electron chi connectivity index (χ1n) is 7.33. The van der Waals surface area contributed by atoms with Crippen LogP contribution in [-0.4, -0.2) is 18.0 Å². The molecule has 0 aliphatic carbocycles. The first kappa shape index (κ1) is 20.0. The Balaban J connectivity index is 0.00000264. The van der Waals surface area contributed by atoms with Gasteiger partial charge in [0.15, 0.2) is 5.96 Å². The minimum Gasteiger partial charge on any atom is -0.443 e. The minimum absolute atomic E-state index is 0. The second-order valence-corrected chi connectivity index (χ2v) is 7.53. The van der Waals surface area contributed by atoms with E-state index in [1.165, 1.54) is 9.75 Å². The summed E-state index contributed by atoms with van der Waals surface area (Å²) >= 11 is 1.78. The van der Waals surface area contributed by atoms with Gasteiger partial charge in [-0.1, -0.05) is 20.8 Å². The van der Waals surface area contributed by atoms with Crippen LogP contribution in [-0.2, 0) is 18.5 Å². The topological polar surface area (TPSA) is 62.5 Å². The minimum atomic E-state index is -0.0256. The first-order valence-corrected chi connectivity index (χ1v) is 8.15. The van der Waals surface area contributed by atoms with Crippen LogP contribution in [0.3, 0.4) is 0 Å². The van der Waals surface area contributed by atoms with Crippen LogP contribution in [0.5, 0.6) is 0 Å². The van der Waals surface area contributed by atoms with Crippen LogP contribution in [0.1, 0.15) is 42.2 Å². The molecule has 0 atom stereocenters. The van der Waals surface area contributed by atoms with Gasteiger partial charge in [-0.15, -0.1) is 35.3 Å². The molecule has 0 saturated carbocycles. The average molecular weight is 448 g/mol. The number of aryl methyl sites for hydroxylation is 1. The van der Waals surface area contributed by atoms with Crippen molar-refractivity contribution in [3.63, 3.8) is 0 Å². The van der Waals surface area contributed by atoms with Gasteiger partial charge in [0.2, 0.25) is 5.89 Å². The first-order chi connectivity index (χ1) is 10.4. The highest BCUT2D eigenvalue weighted by Crippen LogP contribution is 2.22. The Morgan fingerprint density at radius 1 is 1.26 bits per heavy atom. The molecule has 23 heavy (non-hydrogen) atoms. The SMILES string of the molecule is CN=C(NCc1ncc(C(C)(C)C)o1)NCc1ccc(C)s1.I. The lowest BCUT2D eigenvalue weighted by atomic mass is 9.94. The van der Waals surface area contributed by atoms with Gasteiger partial charge in [-0.2, -0.15) is 0 Å². The Morgan fingerprint density at radius 2 is 1.96 bits per heavy atom. The third-order valence-corrected chi connectivity index (χ3v) is 4.15. The maximum Gasteiger partial charge on any atom is 0.213 e. The second-order valence-electron chi connectivity index (χ2n) is 6.16. The molecule has 0 amide bonds. The molecule has 0 fully saturated rings. The van der Waals surface area contributed by atoms with Gasteiger partial charge in [0.25, 0.3) is 0 Å². The molecule has 2 aromatic heterocycles. The van der Waals surface area contributed by atoms with E-state index in [1.807, 2.05) is 0 Å². The molecule has 128 valence electrons. The van der Waals surface area contributed by atoms with Gasteiger partial charge in [-0.25, -0.2) is 4.98 Å². The van der Waals surface area contributed by atoms with Crippen LogP contribution in [0.4, 0.5) is 0 Å². The highest BCUT2D eigenvalue weighted by Gasteiger charge is 2.19. The Hall–Kier alpha value is -1.09. The Kier molecular flexibility index (Phi) is 7.53. The van der Waals surface area contributed by atoms with E-state index in [1.54, 1.807) is 24.6 Å². The number of aromatic nitrogens is 1. The molecule has 2 N–H and O–H groups in total. The van der Waals surface area contributed by atoms with Crippen LogP contribution in [0.15, 0.2) is 27.7 Å².